The highest BCUT2D eigenvalue weighted by Gasteiger charge is 2.48. The lowest BCUT2D eigenvalue weighted by atomic mass is 9.82. The average Bonchev–Trinajstić information content (AvgIpc) is 2.90. The van der Waals surface area contributed by atoms with Gasteiger partial charge in [-0.1, -0.05) is 12.1 Å². The number of nitrogens with zero attached hydrogens (tertiary/aromatic N) is 1. The molecule has 4 heteroatoms. The van der Waals surface area contributed by atoms with Crippen molar-refractivity contribution in [1.82, 2.24) is 9.88 Å². The lowest BCUT2D eigenvalue weighted by molar-refractivity contribution is -0.151. The van der Waals surface area contributed by atoms with Crippen molar-refractivity contribution in [2.75, 3.05) is 13.2 Å². The zero-order chi connectivity index (χ0) is 15.6. The van der Waals surface area contributed by atoms with Crippen LogP contribution < -0.4 is 0 Å². The minimum atomic E-state index is -0.351. The molecule has 3 atom stereocenters. The van der Waals surface area contributed by atoms with Crippen LogP contribution in [0.25, 0.3) is 10.9 Å². The van der Waals surface area contributed by atoms with Crippen LogP contribution in [-0.4, -0.2) is 40.5 Å². The van der Waals surface area contributed by atoms with E-state index in [-0.39, 0.29) is 23.5 Å². The second-order valence-electron chi connectivity index (χ2n) is 7.10. The molecule has 118 valence electrons. The summed E-state index contributed by atoms with van der Waals surface area (Å²) < 4.78 is 6.26. The number of morpholine rings is 1. The number of allylic oxidation sites excluding steroid dienone is 1. The molecule has 2 aliphatic heterocycles. The molecule has 1 unspecified atom stereocenters. The first-order valence-corrected chi connectivity index (χ1v) is 8.36. The van der Waals surface area contributed by atoms with Crippen molar-refractivity contribution in [2.45, 2.75) is 37.5 Å². The Labute approximate surface area is 135 Å². The number of H-pyrrole nitrogens is 1. The largest absolute Gasteiger partial charge is 0.368 e. The van der Waals surface area contributed by atoms with Gasteiger partial charge < -0.3 is 9.72 Å². The first-order valence-electron chi connectivity index (χ1n) is 8.36. The lowest BCUT2D eigenvalue weighted by Gasteiger charge is -2.51. The molecule has 1 fully saturated rings. The summed E-state index contributed by atoms with van der Waals surface area (Å²) in [5.74, 6) is 0.206. The Balaban J connectivity index is 1.64. The number of hydrogen-bond donors (Lipinski definition) is 1. The zero-order valence-electron chi connectivity index (χ0n) is 13.2. The SMILES string of the molecule is C[C@]12C=CC(=O)C[C@H]1N1CCc3cccc4[nH]cc(c34)C1CO2. The fourth-order valence-corrected chi connectivity index (χ4v) is 4.58. The van der Waals surface area contributed by atoms with Gasteiger partial charge in [-0.2, -0.15) is 0 Å². The van der Waals surface area contributed by atoms with Gasteiger partial charge >= 0.3 is 0 Å². The van der Waals surface area contributed by atoms with Gasteiger partial charge in [0.15, 0.2) is 5.78 Å². The first-order chi connectivity index (χ1) is 11.2. The Hall–Kier alpha value is -1.91. The topological polar surface area (TPSA) is 45.3 Å². The number of hydrogen-bond acceptors (Lipinski definition) is 3. The van der Waals surface area contributed by atoms with E-state index in [1.165, 1.54) is 22.0 Å². The molecule has 1 N–H and O–H groups in total. The van der Waals surface area contributed by atoms with Crippen LogP contribution in [0.1, 0.15) is 30.5 Å². The summed E-state index contributed by atoms with van der Waals surface area (Å²) in [5.41, 5.74) is 3.56. The van der Waals surface area contributed by atoms with Crippen molar-refractivity contribution in [1.29, 1.82) is 0 Å². The summed E-state index contributed by atoms with van der Waals surface area (Å²) in [6, 6.07) is 6.83. The highest BCUT2D eigenvalue weighted by Crippen LogP contribution is 2.43. The van der Waals surface area contributed by atoms with E-state index >= 15 is 0 Å². The van der Waals surface area contributed by atoms with Gasteiger partial charge in [0.25, 0.3) is 0 Å². The summed E-state index contributed by atoms with van der Waals surface area (Å²) in [6.07, 6.45) is 7.35. The molecule has 0 saturated carbocycles. The van der Waals surface area contributed by atoms with Gasteiger partial charge in [-0.3, -0.25) is 9.69 Å². The Morgan fingerprint density at radius 3 is 3.22 bits per heavy atom. The third-order valence-corrected chi connectivity index (χ3v) is 5.83. The molecule has 1 aliphatic carbocycles. The summed E-state index contributed by atoms with van der Waals surface area (Å²) in [4.78, 5) is 17.9. The first kappa shape index (κ1) is 13.5. The second kappa shape index (κ2) is 4.56. The molecule has 0 amide bonds. The standard InChI is InChI=1S/C19H20N2O2/c1-19-7-5-13(22)9-17(19)21-8-6-12-3-2-4-15-18(12)14(10-20-15)16(21)11-23-19/h2-5,7,10,16-17,20H,6,8-9,11H2,1H3/t16?,17-,19+/m1/s1. The molecule has 3 aliphatic rings. The van der Waals surface area contributed by atoms with Gasteiger partial charge in [-0.15, -0.1) is 0 Å². The van der Waals surface area contributed by atoms with Gasteiger partial charge in [0.2, 0.25) is 0 Å². The Kier molecular flexibility index (Phi) is 2.68. The van der Waals surface area contributed by atoms with E-state index in [1.54, 1.807) is 6.08 Å². The molecular weight excluding hydrogens is 288 g/mol. The molecular formula is C19H20N2O2. The summed E-state index contributed by atoms with van der Waals surface area (Å²) in [6.45, 7) is 3.76. The maximum atomic E-state index is 12.0. The minimum Gasteiger partial charge on any atom is -0.368 e. The average molecular weight is 308 g/mol. The Bertz CT molecular complexity index is 837. The molecule has 1 aromatic heterocycles. The molecule has 0 spiro atoms. The number of aromatic nitrogens is 1. The zero-order valence-corrected chi connectivity index (χ0v) is 13.2. The van der Waals surface area contributed by atoms with E-state index < -0.39 is 0 Å². The van der Waals surface area contributed by atoms with Crippen LogP contribution in [0.3, 0.4) is 0 Å². The van der Waals surface area contributed by atoms with Crippen LogP contribution in [0.4, 0.5) is 0 Å². The van der Waals surface area contributed by atoms with Crippen molar-refractivity contribution in [3.63, 3.8) is 0 Å². The van der Waals surface area contributed by atoms with E-state index in [2.05, 4.69) is 41.2 Å². The molecule has 3 heterocycles. The van der Waals surface area contributed by atoms with Gasteiger partial charge in [-0.25, -0.2) is 0 Å². The number of ketones is 1. The number of carbonyl (C=O) groups is 1. The van der Waals surface area contributed by atoms with E-state index in [0.29, 0.717) is 13.0 Å². The molecule has 1 aromatic carbocycles. The number of benzene rings is 1. The monoisotopic (exact) mass is 308 g/mol. The molecule has 4 nitrogen and oxygen atoms in total. The normalized spacial score (nSPS) is 33.3. The third kappa shape index (κ3) is 1.82. The highest BCUT2D eigenvalue weighted by atomic mass is 16.5. The number of aromatic amines is 1. The fraction of sp³-hybridized carbons (Fsp3) is 0.421. The number of rotatable bonds is 0. The van der Waals surface area contributed by atoms with E-state index in [4.69, 9.17) is 4.74 Å². The number of nitrogens with one attached hydrogen (secondary N) is 1. The molecule has 1 saturated heterocycles. The van der Waals surface area contributed by atoms with Gasteiger partial charge in [-0.05, 0) is 42.7 Å². The van der Waals surface area contributed by atoms with Crippen molar-refractivity contribution in [3.8, 4) is 0 Å². The smallest absolute Gasteiger partial charge is 0.157 e. The maximum Gasteiger partial charge on any atom is 0.157 e. The Morgan fingerprint density at radius 2 is 2.30 bits per heavy atom. The van der Waals surface area contributed by atoms with Gasteiger partial charge in [0.05, 0.1) is 18.2 Å². The minimum absolute atomic E-state index is 0.123. The van der Waals surface area contributed by atoms with Crippen molar-refractivity contribution in [2.24, 2.45) is 0 Å². The van der Waals surface area contributed by atoms with E-state index in [9.17, 15) is 4.79 Å². The second-order valence-corrected chi connectivity index (χ2v) is 7.10. The number of fused-ring (bicyclic) bond motifs is 4. The van der Waals surface area contributed by atoms with Gasteiger partial charge in [0, 0.05) is 36.1 Å². The number of ether oxygens (including phenoxy) is 1. The summed E-state index contributed by atoms with van der Waals surface area (Å²) >= 11 is 0. The predicted molar refractivity (Wildman–Crippen MR) is 88.4 cm³/mol. The van der Waals surface area contributed by atoms with Crippen molar-refractivity contribution < 1.29 is 9.53 Å². The number of carbonyl (C=O) groups excluding carboxylic acids is 1. The van der Waals surface area contributed by atoms with Crippen LogP contribution >= 0.6 is 0 Å². The summed E-state index contributed by atoms with van der Waals surface area (Å²) in [5, 5.41) is 1.35. The Morgan fingerprint density at radius 1 is 1.39 bits per heavy atom. The fourth-order valence-electron chi connectivity index (χ4n) is 4.58. The molecule has 0 bridgehead atoms. The van der Waals surface area contributed by atoms with Crippen molar-refractivity contribution in [3.05, 3.63) is 47.7 Å². The van der Waals surface area contributed by atoms with Crippen LogP contribution in [0.2, 0.25) is 0 Å². The van der Waals surface area contributed by atoms with E-state index in [1.807, 2.05) is 6.08 Å². The van der Waals surface area contributed by atoms with Crippen LogP contribution in [0.5, 0.6) is 0 Å². The molecule has 23 heavy (non-hydrogen) atoms. The van der Waals surface area contributed by atoms with Crippen LogP contribution in [0, 0.1) is 0 Å². The molecule has 5 rings (SSSR count). The maximum absolute atomic E-state index is 12.0. The lowest BCUT2D eigenvalue weighted by Crippen LogP contribution is -2.60. The quantitative estimate of drug-likeness (QED) is 0.814. The molecule has 2 aromatic rings. The van der Waals surface area contributed by atoms with Gasteiger partial charge in [0.1, 0.15) is 0 Å². The summed E-state index contributed by atoms with van der Waals surface area (Å²) in [7, 11) is 0. The van der Waals surface area contributed by atoms with Crippen LogP contribution in [-0.2, 0) is 16.0 Å². The van der Waals surface area contributed by atoms with E-state index in [0.717, 1.165) is 13.0 Å². The molecule has 0 radical (unpaired) electrons. The third-order valence-electron chi connectivity index (χ3n) is 5.83. The predicted octanol–water partition coefficient (Wildman–Crippen LogP) is 2.75. The van der Waals surface area contributed by atoms with Crippen LogP contribution in [0.15, 0.2) is 36.5 Å². The highest BCUT2D eigenvalue weighted by molar-refractivity contribution is 5.92. The van der Waals surface area contributed by atoms with Crippen molar-refractivity contribution >= 4 is 16.7 Å².